The Bertz CT molecular complexity index is 293. The van der Waals surface area contributed by atoms with Crippen LogP contribution >= 0.6 is 0 Å². The van der Waals surface area contributed by atoms with Gasteiger partial charge in [0.05, 0.1) is 5.92 Å². The second kappa shape index (κ2) is 3.98. The van der Waals surface area contributed by atoms with Crippen LogP contribution in [0.3, 0.4) is 0 Å². The van der Waals surface area contributed by atoms with Crippen molar-refractivity contribution in [2.75, 3.05) is 6.54 Å². The molecule has 0 aromatic carbocycles. The van der Waals surface area contributed by atoms with Crippen molar-refractivity contribution >= 4 is 5.91 Å². The van der Waals surface area contributed by atoms with Crippen molar-refractivity contribution in [1.82, 2.24) is 5.32 Å². The highest BCUT2D eigenvalue weighted by Crippen LogP contribution is 2.40. The van der Waals surface area contributed by atoms with Crippen molar-refractivity contribution in [1.29, 1.82) is 0 Å². The molecule has 1 saturated carbocycles. The van der Waals surface area contributed by atoms with Gasteiger partial charge in [0.15, 0.2) is 5.79 Å². The highest BCUT2D eigenvalue weighted by molar-refractivity contribution is 5.80. The third kappa shape index (κ3) is 1.95. The first-order valence-corrected chi connectivity index (χ1v) is 5.83. The Morgan fingerprint density at radius 1 is 1.44 bits per heavy atom. The maximum absolute atomic E-state index is 11.8. The molecule has 16 heavy (non-hydrogen) atoms. The summed E-state index contributed by atoms with van der Waals surface area (Å²) >= 11 is 0. The van der Waals surface area contributed by atoms with Crippen LogP contribution < -0.4 is 11.1 Å². The molecule has 1 heterocycles. The smallest absolute Gasteiger partial charge is 0.225 e. The molecule has 1 aliphatic heterocycles. The molecular formula is C11H20N2O3. The highest BCUT2D eigenvalue weighted by atomic mass is 16.8. The molecule has 4 atom stereocenters. The van der Waals surface area contributed by atoms with Crippen molar-refractivity contribution in [3.63, 3.8) is 0 Å². The molecule has 0 bridgehead atoms. The van der Waals surface area contributed by atoms with E-state index in [2.05, 4.69) is 5.32 Å². The first-order chi connectivity index (χ1) is 7.44. The van der Waals surface area contributed by atoms with Gasteiger partial charge in [0.1, 0.15) is 12.2 Å². The molecule has 3 N–H and O–H groups in total. The minimum Gasteiger partial charge on any atom is -0.356 e. The van der Waals surface area contributed by atoms with Crippen LogP contribution in [0.5, 0.6) is 0 Å². The van der Waals surface area contributed by atoms with Crippen molar-refractivity contribution in [3.05, 3.63) is 0 Å². The van der Waals surface area contributed by atoms with Crippen molar-refractivity contribution in [2.24, 2.45) is 11.7 Å². The van der Waals surface area contributed by atoms with Gasteiger partial charge in [-0.05, 0) is 27.2 Å². The Labute approximate surface area is 95.7 Å². The first kappa shape index (κ1) is 11.8. The van der Waals surface area contributed by atoms with E-state index < -0.39 is 5.79 Å². The summed E-state index contributed by atoms with van der Waals surface area (Å²) in [5.41, 5.74) is 5.98. The largest absolute Gasteiger partial charge is 0.356 e. The molecule has 5 nitrogen and oxygen atoms in total. The van der Waals surface area contributed by atoms with E-state index in [-0.39, 0.29) is 30.1 Å². The summed E-state index contributed by atoms with van der Waals surface area (Å²) in [5, 5.41) is 2.82. The summed E-state index contributed by atoms with van der Waals surface area (Å²) in [4.78, 5) is 11.8. The fourth-order valence-corrected chi connectivity index (χ4v) is 2.58. The van der Waals surface area contributed by atoms with Gasteiger partial charge in [-0.25, -0.2) is 0 Å². The Morgan fingerprint density at radius 3 is 2.69 bits per heavy atom. The average Bonchev–Trinajstić information content (AvgIpc) is 2.62. The first-order valence-electron chi connectivity index (χ1n) is 5.83. The number of carbonyl (C=O) groups is 1. The number of nitrogens with two attached hydrogens (primary N) is 1. The molecular weight excluding hydrogens is 208 g/mol. The van der Waals surface area contributed by atoms with Gasteiger partial charge in [-0.3, -0.25) is 4.79 Å². The van der Waals surface area contributed by atoms with Crippen LogP contribution in [0.4, 0.5) is 0 Å². The number of hydrogen-bond donors (Lipinski definition) is 2. The molecule has 0 aromatic rings. The molecule has 2 rings (SSSR count). The van der Waals surface area contributed by atoms with Gasteiger partial charge in [-0.2, -0.15) is 0 Å². The van der Waals surface area contributed by atoms with Gasteiger partial charge < -0.3 is 20.5 Å². The van der Waals surface area contributed by atoms with Crippen molar-refractivity contribution in [2.45, 2.75) is 51.2 Å². The monoisotopic (exact) mass is 228 g/mol. The summed E-state index contributed by atoms with van der Waals surface area (Å²) < 4.78 is 11.5. The van der Waals surface area contributed by atoms with E-state index in [9.17, 15) is 4.79 Å². The van der Waals surface area contributed by atoms with E-state index in [0.29, 0.717) is 13.0 Å². The van der Waals surface area contributed by atoms with Crippen LogP contribution in [0.25, 0.3) is 0 Å². The lowest BCUT2D eigenvalue weighted by Crippen LogP contribution is -2.37. The number of rotatable bonds is 2. The summed E-state index contributed by atoms with van der Waals surface area (Å²) in [5.74, 6) is -0.786. The maximum Gasteiger partial charge on any atom is 0.225 e. The van der Waals surface area contributed by atoms with Gasteiger partial charge in [0.2, 0.25) is 5.91 Å². The summed E-state index contributed by atoms with van der Waals surface area (Å²) in [6.07, 6.45) is 0.288. The van der Waals surface area contributed by atoms with E-state index in [0.717, 1.165) is 0 Å². The van der Waals surface area contributed by atoms with E-state index >= 15 is 0 Å². The van der Waals surface area contributed by atoms with E-state index in [1.165, 1.54) is 0 Å². The second-order valence-corrected chi connectivity index (χ2v) is 4.97. The molecule has 3 unspecified atom stereocenters. The number of fused-ring (bicyclic) bond motifs is 1. The van der Waals surface area contributed by atoms with Crippen LogP contribution in [0.2, 0.25) is 0 Å². The van der Waals surface area contributed by atoms with Crippen molar-refractivity contribution in [3.8, 4) is 0 Å². The van der Waals surface area contributed by atoms with E-state index in [1.54, 1.807) is 0 Å². The Hall–Kier alpha value is -0.650. The lowest BCUT2D eigenvalue weighted by atomic mass is 10.0. The van der Waals surface area contributed by atoms with Crippen LogP contribution in [-0.4, -0.2) is 36.5 Å². The standard InChI is InChI=1S/C11H20N2O3/c1-4-13-10(14)6-5-7(12)9-8(6)15-11(2,3)16-9/h6-9H,4-5,12H2,1-3H3,(H,13,14)/t6?,7-,8?,9?/m1/s1. The normalized spacial score (nSPS) is 40.8. The van der Waals surface area contributed by atoms with Gasteiger partial charge in [0, 0.05) is 12.6 Å². The zero-order valence-corrected chi connectivity index (χ0v) is 10.0. The Morgan fingerprint density at radius 2 is 2.06 bits per heavy atom. The van der Waals surface area contributed by atoms with E-state index in [1.807, 2.05) is 20.8 Å². The highest BCUT2D eigenvalue weighted by Gasteiger charge is 2.54. The molecule has 2 aliphatic rings. The lowest BCUT2D eigenvalue weighted by Gasteiger charge is -2.22. The predicted octanol–water partition coefficient (Wildman–Crippen LogP) is -0.0102. The Balaban J connectivity index is 2.10. The molecule has 1 amide bonds. The molecule has 0 spiro atoms. The summed E-state index contributed by atoms with van der Waals surface area (Å²) in [6, 6.07) is -0.112. The second-order valence-electron chi connectivity index (χ2n) is 4.97. The average molecular weight is 228 g/mol. The summed E-state index contributed by atoms with van der Waals surface area (Å²) in [7, 11) is 0. The maximum atomic E-state index is 11.8. The van der Waals surface area contributed by atoms with Gasteiger partial charge >= 0.3 is 0 Å². The minimum absolute atomic E-state index is 0.0201. The predicted molar refractivity (Wildman–Crippen MR) is 58.6 cm³/mol. The number of nitrogens with one attached hydrogen (secondary N) is 1. The van der Waals surface area contributed by atoms with E-state index in [4.69, 9.17) is 15.2 Å². The topological polar surface area (TPSA) is 73.6 Å². The zero-order valence-electron chi connectivity index (χ0n) is 10.0. The number of hydrogen-bond acceptors (Lipinski definition) is 4. The number of amides is 1. The van der Waals surface area contributed by atoms with Crippen LogP contribution in [-0.2, 0) is 14.3 Å². The molecule has 2 fully saturated rings. The third-order valence-corrected chi connectivity index (χ3v) is 3.20. The number of ether oxygens (including phenoxy) is 2. The van der Waals surface area contributed by atoms with Gasteiger partial charge in [-0.1, -0.05) is 0 Å². The molecule has 5 heteroatoms. The fraction of sp³-hybridized carbons (Fsp3) is 0.909. The third-order valence-electron chi connectivity index (χ3n) is 3.20. The van der Waals surface area contributed by atoms with Crippen LogP contribution in [0.1, 0.15) is 27.2 Å². The Kier molecular flexibility index (Phi) is 2.94. The van der Waals surface area contributed by atoms with Crippen LogP contribution in [0, 0.1) is 5.92 Å². The lowest BCUT2D eigenvalue weighted by molar-refractivity contribution is -0.160. The van der Waals surface area contributed by atoms with Crippen molar-refractivity contribution < 1.29 is 14.3 Å². The van der Waals surface area contributed by atoms with Gasteiger partial charge in [0.25, 0.3) is 0 Å². The fourth-order valence-electron chi connectivity index (χ4n) is 2.58. The molecule has 1 saturated heterocycles. The minimum atomic E-state index is -0.627. The quantitative estimate of drug-likeness (QED) is 0.697. The van der Waals surface area contributed by atoms with Crippen LogP contribution in [0.15, 0.2) is 0 Å². The number of carbonyl (C=O) groups excluding carboxylic acids is 1. The van der Waals surface area contributed by atoms with Gasteiger partial charge in [-0.15, -0.1) is 0 Å². The SMILES string of the molecule is CCNC(=O)C1C[C@@H](N)C2OC(C)(C)OC12. The molecule has 0 aromatic heterocycles. The summed E-state index contributed by atoms with van der Waals surface area (Å²) in [6.45, 7) is 6.24. The molecule has 0 radical (unpaired) electrons. The molecule has 92 valence electrons. The molecule has 1 aliphatic carbocycles. The zero-order chi connectivity index (χ0) is 11.9.